The van der Waals surface area contributed by atoms with Gasteiger partial charge in [0.05, 0.1) is 16.6 Å². The predicted molar refractivity (Wildman–Crippen MR) is 93.2 cm³/mol. The molecule has 1 aromatic carbocycles. The number of carbonyl (C=O) groups is 1. The van der Waals surface area contributed by atoms with Gasteiger partial charge in [-0.15, -0.1) is 0 Å². The molecule has 1 aliphatic heterocycles. The first-order valence-corrected chi connectivity index (χ1v) is 10.1. The van der Waals surface area contributed by atoms with Crippen molar-refractivity contribution in [1.29, 1.82) is 0 Å². The lowest BCUT2D eigenvalue weighted by Gasteiger charge is -2.43. The molecule has 3 rings (SSSR count). The number of nitrogens with zero attached hydrogens (tertiary/aromatic N) is 1. The van der Waals surface area contributed by atoms with Crippen LogP contribution in [0.5, 0.6) is 0 Å². The van der Waals surface area contributed by atoms with Gasteiger partial charge in [0.15, 0.2) is 0 Å². The minimum atomic E-state index is -3.73. The van der Waals surface area contributed by atoms with Crippen LogP contribution in [0.25, 0.3) is 0 Å². The number of sulfonamides is 1. The molecule has 1 N–H and O–H groups in total. The summed E-state index contributed by atoms with van der Waals surface area (Å²) < 4.78 is 33.6. The van der Waals surface area contributed by atoms with Crippen LogP contribution in [-0.2, 0) is 14.8 Å². The van der Waals surface area contributed by atoms with Crippen LogP contribution in [0.4, 0.5) is 0 Å². The molecule has 1 spiro atoms. The van der Waals surface area contributed by atoms with Gasteiger partial charge in [0.25, 0.3) is 0 Å². The van der Waals surface area contributed by atoms with Crippen LogP contribution in [-0.4, -0.2) is 50.1 Å². The number of aromatic carboxylic acids is 1. The van der Waals surface area contributed by atoms with Crippen molar-refractivity contribution in [2.75, 3.05) is 20.2 Å². The van der Waals surface area contributed by atoms with Crippen LogP contribution in [0, 0.1) is 12.3 Å². The topological polar surface area (TPSA) is 83.9 Å². The quantitative estimate of drug-likeness (QED) is 0.884. The minimum Gasteiger partial charge on any atom is -0.478 e. The van der Waals surface area contributed by atoms with Gasteiger partial charge in [0, 0.05) is 25.6 Å². The maximum absolute atomic E-state index is 13.2. The van der Waals surface area contributed by atoms with Gasteiger partial charge in [0.2, 0.25) is 10.0 Å². The van der Waals surface area contributed by atoms with E-state index in [-0.39, 0.29) is 22.0 Å². The summed E-state index contributed by atoms with van der Waals surface area (Å²) in [5, 5.41) is 9.19. The van der Waals surface area contributed by atoms with E-state index in [1.165, 1.54) is 16.4 Å². The summed E-state index contributed by atoms with van der Waals surface area (Å²) in [7, 11) is -2.03. The molecule has 1 unspecified atom stereocenters. The van der Waals surface area contributed by atoms with Gasteiger partial charge in [-0.25, -0.2) is 13.2 Å². The fourth-order valence-corrected chi connectivity index (χ4v) is 6.24. The summed E-state index contributed by atoms with van der Waals surface area (Å²) in [4.78, 5) is 11.3. The van der Waals surface area contributed by atoms with E-state index in [1.54, 1.807) is 20.1 Å². The highest BCUT2D eigenvalue weighted by molar-refractivity contribution is 7.89. The fraction of sp³-hybridized carbons (Fsp3) is 0.611. The molecule has 138 valence electrons. The summed E-state index contributed by atoms with van der Waals surface area (Å²) in [5.41, 5.74) is 0.448. The summed E-state index contributed by atoms with van der Waals surface area (Å²) in [5.74, 6) is -1.12. The molecule has 1 saturated heterocycles. The Bertz CT molecular complexity index is 776. The molecule has 7 heteroatoms. The molecule has 2 atom stereocenters. The third-order valence-corrected chi connectivity index (χ3v) is 7.72. The average Bonchev–Trinajstić information content (AvgIpc) is 2.96. The Hall–Kier alpha value is -1.44. The first-order chi connectivity index (χ1) is 11.8. The van der Waals surface area contributed by atoms with E-state index in [2.05, 4.69) is 0 Å². The van der Waals surface area contributed by atoms with Gasteiger partial charge in [-0.1, -0.05) is 12.5 Å². The lowest BCUT2D eigenvalue weighted by atomic mass is 9.77. The molecule has 6 nitrogen and oxygen atoms in total. The maximum atomic E-state index is 13.2. The Morgan fingerprint density at radius 2 is 2.04 bits per heavy atom. The Balaban J connectivity index is 1.95. The lowest BCUT2D eigenvalue weighted by molar-refractivity contribution is -0.0184. The van der Waals surface area contributed by atoms with Crippen molar-refractivity contribution in [3.63, 3.8) is 0 Å². The third-order valence-electron chi connectivity index (χ3n) is 5.73. The number of hydrogen-bond acceptors (Lipinski definition) is 4. The van der Waals surface area contributed by atoms with Gasteiger partial charge in [-0.3, -0.25) is 0 Å². The van der Waals surface area contributed by atoms with E-state index >= 15 is 0 Å². The van der Waals surface area contributed by atoms with Crippen LogP contribution in [0.1, 0.15) is 48.0 Å². The third kappa shape index (κ3) is 3.20. The molecule has 0 aromatic heterocycles. The average molecular weight is 367 g/mol. The number of ether oxygens (including phenoxy) is 1. The summed E-state index contributed by atoms with van der Waals surface area (Å²) in [6.45, 7) is 2.62. The molecule has 1 saturated carbocycles. The summed E-state index contributed by atoms with van der Waals surface area (Å²) in [6.07, 6.45) is 4.88. The first kappa shape index (κ1) is 18.4. The molecule has 1 aliphatic carbocycles. The second-order valence-corrected chi connectivity index (χ2v) is 9.11. The monoisotopic (exact) mass is 367 g/mol. The zero-order chi connectivity index (χ0) is 18.2. The highest BCUT2D eigenvalue weighted by Gasteiger charge is 2.48. The van der Waals surface area contributed by atoms with E-state index < -0.39 is 16.0 Å². The van der Waals surface area contributed by atoms with Gasteiger partial charge in [-0.2, -0.15) is 4.31 Å². The Labute approximate surface area is 148 Å². The maximum Gasteiger partial charge on any atom is 0.335 e. The van der Waals surface area contributed by atoms with E-state index in [4.69, 9.17) is 4.74 Å². The van der Waals surface area contributed by atoms with E-state index in [0.29, 0.717) is 18.7 Å². The molecule has 2 fully saturated rings. The summed E-state index contributed by atoms with van der Waals surface area (Å²) in [6, 6.07) is 4.27. The fourth-order valence-electron chi connectivity index (χ4n) is 4.41. The standard InChI is InChI=1S/C18H25NO5S/c1-13-6-7-14(17(20)21)11-15(13)25(22,23)19-10-4-9-18(12-19)8-3-5-16(18)24-2/h6-7,11,16H,3-5,8-10,12H2,1-2H3,(H,20,21)/t16?,18-/m0/s1. The van der Waals surface area contributed by atoms with Crippen molar-refractivity contribution < 1.29 is 23.1 Å². The van der Waals surface area contributed by atoms with Crippen molar-refractivity contribution in [1.82, 2.24) is 4.31 Å². The van der Waals surface area contributed by atoms with Gasteiger partial charge < -0.3 is 9.84 Å². The molecule has 25 heavy (non-hydrogen) atoms. The number of benzene rings is 1. The molecule has 0 radical (unpaired) electrons. The number of carboxylic acids is 1. The van der Waals surface area contributed by atoms with Crippen molar-refractivity contribution >= 4 is 16.0 Å². The molecule has 0 amide bonds. The Kier molecular flexibility index (Phi) is 4.92. The van der Waals surface area contributed by atoms with Crippen molar-refractivity contribution in [3.8, 4) is 0 Å². The molecular weight excluding hydrogens is 342 g/mol. The molecule has 1 heterocycles. The second-order valence-electron chi connectivity index (χ2n) is 7.21. The van der Waals surface area contributed by atoms with E-state index in [9.17, 15) is 18.3 Å². The summed E-state index contributed by atoms with van der Waals surface area (Å²) >= 11 is 0. The van der Waals surface area contributed by atoms with Crippen molar-refractivity contribution in [2.24, 2.45) is 5.41 Å². The Morgan fingerprint density at radius 1 is 1.32 bits per heavy atom. The Morgan fingerprint density at radius 3 is 2.72 bits per heavy atom. The number of methoxy groups -OCH3 is 1. The van der Waals surface area contributed by atoms with Crippen molar-refractivity contribution in [3.05, 3.63) is 29.3 Å². The SMILES string of the molecule is COC1CCC[C@@]12CCCN(S(=O)(=O)c1cc(C(=O)O)ccc1C)C2. The minimum absolute atomic E-state index is 0.00784. The van der Waals surface area contributed by atoms with Gasteiger partial charge in [0.1, 0.15) is 0 Å². The van der Waals surface area contributed by atoms with Gasteiger partial charge in [-0.05, 0) is 50.3 Å². The molecule has 0 bridgehead atoms. The highest BCUT2D eigenvalue weighted by Crippen LogP contribution is 2.47. The molecule has 1 aromatic rings. The number of aryl methyl sites for hydroxylation is 1. The largest absolute Gasteiger partial charge is 0.478 e. The highest BCUT2D eigenvalue weighted by atomic mass is 32.2. The van der Waals surface area contributed by atoms with Gasteiger partial charge >= 0.3 is 5.97 Å². The lowest BCUT2D eigenvalue weighted by Crippen LogP contribution is -2.49. The zero-order valence-corrected chi connectivity index (χ0v) is 15.5. The number of carboxylic acid groups (broad SMARTS) is 1. The number of rotatable bonds is 4. The van der Waals surface area contributed by atoms with Crippen LogP contribution in [0.3, 0.4) is 0 Å². The predicted octanol–water partition coefficient (Wildman–Crippen LogP) is 2.66. The van der Waals surface area contributed by atoms with Crippen molar-refractivity contribution in [2.45, 2.75) is 50.0 Å². The molecule has 2 aliphatic rings. The smallest absolute Gasteiger partial charge is 0.335 e. The van der Waals surface area contributed by atoms with E-state index in [0.717, 1.165) is 32.1 Å². The second kappa shape index (κ2) is 6.70. The molecular formula is C18H25NO5S. The van der Waals surface area contributed by atoms with Crippen LogP contribution < -0.4 is 0 Å². The zero-order valence-electron chi connectivity index (χ0n) is 14.7. The first-order valence-electron chi connectivity index (χ1n) is 8.67. The number of piperidine rings is 1. The van der Waals surface area contributed by atoms with Crippen LogP contribution in [0.2, 0.25) is 0 Å². The van der Waals surface area contributed by atoms with Crippen LogP contribution in [0.15, 0.2) is 23.1 Å². The number of hydrogen-bond donors (Lipinski definition) is 1. The van der Waals surface area contributed by atoms with Crippen LogP contribution >= 0.6 is 0 Å². The normalized spacial score (nSPS) is 27.7. The van der Waals surface area contributed by atoms with E-state index in [1.807, 2.05) is 0 Å².